The molecule has 1 aliphatic rings. The second kappa shape index (κ2) is 4.39. The van der Waals surface area contributed by atoms with Gasteiger partial charge in [-0.1, -0.05) is 0 Å². The van der Waals surface area contributed by atoms with Crippen LogP contribution in [0.25, 0.3) is 0 Å². The lowest BCUT2D eigenvalue weighted by Gasteiger charge is -2.18. The van der Waals surface area contributed by atoms with E-state index in [0.717, 1.165) is 14.6 Å². The van der Waals surface area contributed by atoms with Gasteiger partial charge in [0.1, 0.15) is 0 Å². The highest BCUT2D eigenvalue weighted by Gasteiger charge is 2.31. The minimum Gasteiger partial charge on any atom is -0.309 e. The van der Waals surface area contributed by atoms with Gasteiger partial charge in [0, 0.05) is 25.4 Å². The van der Waals surface area contributed by atoms with Gasteiger partial charge >= 0.3 is 0 Å². The summed E-state index contributed by atoms with van der Waals surface area (Å²) in [5.41, 5.74) is 0.804. The highest BCUT2D eigenvalue weighted by molar-refractivity contribution is 9.11. The number of hydrogen-bond acceptors (Lipinski definition) is 2. The largest absolute Gasteiger partial charge is 0.309 e. The molecule has 0 aromatic carbocycles. The van der Waals surface area contributed by atoms with Crippen LogP contribution in [-0.4, -0.2) is 22.8 Å². The monoisotopic (exact) mass is 352 g/mol. The van der Waals surface area contributed by atoms with Crippen LogP contribution in [-0.2, 0) is 4.79 Å². The predicted octanol–water partition coefficient (Wildman–Crippen LogP) is 2.95. The zero-order chi connectivity index (χ0) is 11.0. The molecular weight excluding hydrogens is 347 g/mol. The molecule has 1 aromatic rings. The Morgan fingerprint density at radius 3 is 2.47 bits per heavy atom. The summed E-state index contributed by atoms with van der Waals surface area (Å²) in [5, 5.41) is -0.107. The molecule has 0 saturated carbocycles. The number of hydrogen-bond donors (Lipinski definition) is 0. The van der Waals surface area contributed by atoms with Crippen LogP contribution in [0.3, 0.4) is 0 Å². The summed E-state index contributed by atoms with van der Waals surface area (Å²) < 4.78 is 1.58. The molecule has 80 valence electrons. The van der Waals surface area contributed by atoms with E-state index in [9.17, 15) is 4.79 Å². The molecule has 3 nitrogen and oxygen atoms in total. The number of anilines is 1. The molecule has 1 unspecified atom stereocenters. The Kier molecular flexibility index (Phi) is 3.33. The van der Waals surface area contributed by atoms with E-state index < -0.39 is 0 Å². The third-order valence-electron chi connectivity index (χ3n) is 2.18. The van der Waals surface area contributed by atoms with Crippen molar-refractivity contribution >= 4 is 55.1 Å². The molecule has 1 amide bonds. The third-order valence-corrected chi connectivity index (χ3v) is 3.63. The first kappa shape index (κ1) is 11.4. The second-order valence-corrected chi connectivity index (χ2v) is 5.58. The lowest BCUT2D eigenvalue weighted by Crippen LogP contribution is -2.25. The maximum absolute atomic E-state index is 11.7. The fourth-order valence-electron chi connectivity index (χ4n) is 1.54. The minimum absolute atomic E-state index is 0.0441. The van der Waals surface area contributed by atoms with E-state index in [1.807, 2.05) is 0 Å². The Labute approximate surface area is 109 Å². The number of pyridine rings is 1. The molecule has 2 rings (SSSR count). The highest BCUT2D eigenvalue weighted by Crippen LogP contribution is 2.36. The molecule has 1 aliphatic heterocycles. The molecule has 1 saturated heterocycles. The van der Waals surface area contributed by atoms with Crippen LogP contribution in [0.4, 0.5) is 5.69 Å². The van der Waals surface area contributed by atoms with Crippen molar-refractivity contribution in [1.29, 1.82) is 0 Å². The molecular formula is C9H7Br2ClN2O. The zero-order valence-corrected chi connectivity index (χ0v) is 11.5. The van der Waals surface area contributed by atoms with E-state index in [2.05, 4.69) is 36.8 Å². The summed E-state index contributed by atoms with van der Waals surface area (Å²) in [6.45, 7) is 0.543. The van der Waals surface area contributed by atoms with Gasteiger partial charge in [0.15, 0.2) is 0 Å². The van der Waals surface area contributed by atoms with Crippen molar-refractivity contribution < 1.29 is 4.79 Å². The highest BCUT2D eigenvalue weighted by atomic mass is 79.9. The van der Waals surface area contributed by atoms with Crippen LogP contribution in [0, 0.1) is 0 Å². The summed E-state index contributed by atoms with van der Waals surface area (Å²) in [5.74, 6) is 0.0441. The zero-order valence-electron chi connectivity index (χ0n) is 7.58. The average Bonchev–Trinajstić information content (AvgIpc) is 2.45. The normalized spacial score (nSPS) is 21.1. The summed E-state index contributed by atoms with van der Waals surface area (Å²) in [7, 11) is 0. The molecule has 0 spiro atoms. The summed E-state index contributed by atoms with van der Waals surface area (Å²) in [4.78, 5) is 17.3. The number of carbonyl (C=O) groups excluding carboxylic acids is 1. The number of amides is 1. The first-order valence-corrected chi connectivity index (χ1v) is 6.35. The van der Waals surface area contributed by atoms with Crippen LogP contribution >= 0.6 is 43.5 Å². The Morgan fingerprint density at radius 2 is 2.00 bits per heavy atom. The summed E-state index contributed by atoms with van der Waals surface area (Å²) >= 11 is 12.7. The fraction of sp³-hybridized carbons (Fsp3) is 0.333. The number of halogens is 3. The van der Waals surface area contributed by atoms with E-state index in [1.165, 1.54) is 0 Å². The third kappa shape index (κ3) is 2.19. The maximum atomic E-state index is 11.7. The second-order valence-electron chi connectivity index (χ2n) is 3.26. The molecule has 0 N–H and O–H groups in total. The Morgan fingerprint density at radius 1 is 1.40 bits per heavy atom. The van der Waals surface area contributed by atoms with Crippen molar-refractivity contribution in [3.63, 3.8) is 0 Å². The average molecular weight is 354 g/mol. The lowest BCUT2D eigenvalue weighted by atomic mass is 10.3. The topological polar surface area (TPSA) is 33.2 Å². The molecule has 1 fully saturated rings. The van der Waals surface area contributed by atoms with Gasteiger partial charge in [0.05, 0.1) is 20.0 Å². The number of nitrogens with zero attached hydrogens (tertiary/aromatic N) is 2. The molecule has 0 radical (unpaired) electrons. The van der Waals surface area contributed by atoms with Gasteiger partial charge < -0.3 is 4.90 Å². The molecule has 6 heteroatoms. The summed E-state index contributed by atoms with van der Waals surface area (Å²) in [6.07, 6.45) is 3.71. The van der Waals surface area contributed by atoms with Gasteiger partial charge in [0.2, 0.25) is 5.91 Å². The van der Waals surface area contributed by atoms with Crippen LogP contribution in [0.5, 0.6) is 0 Å². The van der Waals surface area contributed by atoms with Gasteiger partial charge in [-0.3, -0.25) is 9.78 Å². The van der Waals surface area contributed by atoms with Crippen molar-refractivity contribution in [2.24, 2.45) is 0 Å². The van der Waals surface area contributed by atoms with Gasteiger partial charge in [-0.15, -0.1) is 11.6 Å². The first-order chi connectivity index (χ1) is 7.09. The molecule has 2 heterocycles. The van der Waals surface area contributed by atoms with Gasteiger partial charge in [0.25, 0.3) is 0 Å². The van der Waals surface area contributed by atoms with Crippen molar-refractivity contribution in [2.75, 3.05) is 11.4 Å². The number of rotatable bonds is 1. The molecule has 1 aromatic heterocycles. The number of aromatic nitrogens is 1. The molecule has 1 atom stereocenters. The van der Waals surface area contributed by atoms with E-state index >= 15 is 0 Å². The van der Waals surface area contributed by atoms with Crippen molar-refractivity contribution in [1.82, 2.24) is 4.98 Å². The van der Waals surface area contributed by atoms with Crippen molar-refractivity contribution in [3.05, 3.63) is 21.3 Å². The van der Waals surface area contributed by atoms with E-state index in [0.29, 0.717) is 13.0 Å². The van der Waals surface area contributed by atoms with E-state index in [1.54, 1.807) is 17.3 Å². The number of alkyl halides is 1. The van der Waals surface area contributed by atoms with Crippen molar-refractivity contribution in [2.45, 2.75) is 11.8 Å². The minimum atomic E-state index is -0.107. The van der Waals surface area contributed by atoms with E-state index in [4.69, 9.17) is 11.6 Å². The Balaban J connectivity index is 2.41. The Bertz CT molecular complexity index is 393. The predicted molar refractivity (Wildman–Crippen MR) is 66.2 cm³/mol. The number of carbonyl (C=O) groups is 1. The van der Waals surface area contributed by atoms with Gasteiger partial charge in [-0.05, 0) is 31.9 Å². The van der Waals surface area contributed by atoms with Crippen LogP contribution in [0.1, 0.15) is 6.42 Å². The Hall–Kier alpha value is -0.130. The quantitative estimate of drug-likeness (QED) is 0.727. The first-order valence-electron chi connectivity index (χ1n) is 4.33. The SMILES string of the molecule is O=C1CC(Cl)CN1c1c(Br)cncc1Br. The van der Waals surface area contributed by atoms with Crippen LogP contribution in [0.15, 0.2) is 21.3 Å². The van der Waals surface area contributed by atoms with Crippen molar-refractivity contribution in [3.8, 4) is 0 Å². The van der Waals surface area contributed by atoms with Gasteiger partial charge in [-0.25, -0.2) is 0 Å². The van der Waals surface area contributed by atoms with Gasteiger partial charge in [-0.2, -0.15) is 0 Å². The fourth-order valence-corrected chi connectivity index (χ4v) is 3.17. The molecule has 15 heavy (non-hydrogen) atoms. The maximum Gasteiger partial charge on any atom is 0.228 e. The molecule has 0 bridgehead atoms. The standard InChI is InChI=1S/C9H7Br2ClN2O/c10-6-2-13-3-7(11)9(6)14-4-5(12)1-8(14)15/h2-3,5H,1,4H2. The van der Waals surface area contributed by atoms with Crippen LogP contribution in [0.2, 0.25) is 0 Å². The van der Waals surface area contributed by atoms with Crippen LogP contribution < -0.4 is 4.90 Å². The summed E-state index contributed by atoms with van der Waals surface area (Å²) in [6, 6.07) is 0. The lowest BCUT2D eigenvalue weighted by molar-refractivity contribution is -0.117. The molecule has 0 aliphatic carbocycles. The smallest absolute Gasteiger partial charge is 0.228 e. The van der Waals surface area contributed by atoms with E-state index in [-0.39, 0.29) is 11.3 Å².